The number of ether oxygens (including phenoxy) is 1. The third-order valence-corrected chi connectivity index (χ3v) is 6.47. The van der Waals surface area contributed by atoms with E-state index in [1.165, 1.54) is 7.11 Å². The van der Waals surface area contributed by atoms with Crippen LogP contribution >= 0.6 is 0 Å². The Balaban J connectivity index is 1.53. The van der Waals surface area contributed by atoms with Crippen molar-refractivity contribution in [2.75, 3.05) is 50.5 Å². The summed E-state index contributed by atoms with van der Waals surface area (Å²) in [6.45, 7) is 1.55. The number of likely N-dealkylation sites (tertiary alicyclic amines) is 1. The Hall–Kier alpha value is -4.81. The van der Waals surface area contributed by atoms with Crippen molar-refractivity contribution >= 4 is 41.3 Å². The molecule has 1 fully saturated rings. The second kappa shape index (κ2) is 13.8. The van der Waals surface area contributed by atoms with Gasteiger partial charge in [-0.25, -0.2) is 9.59 Å². The molecule has 3 rings (SSSR count). The van der Waals surface area contributed by atoms with Gasteiger partial charge in [0.25, 0.3) is 5.91 Å². The number of amides is 5. The fraction of sp³-hybridized carbons (Fsp3) is 0.370. The first kappa shape index (κ1) is 29.7. The molecule has 0 radical (unpaired) electrons. The van der Waals surface area contributed by atoms with Crippen LogP contribution in [0, 0.1) is 12.8 Å². The van der Waals surface area contributed by atoms with Crippen molar-refractivity contribution in [3.05, 3.63) is 53.6 Å². The molecule has 0 bridgehead atoms. The van der Waals surface area contributed by atoms with Crippen LogP contribution in [0.1, 0.15) is 28.8 Å². The molecule has 40 heavy (non-hydrogen) atoms. The van der Waals surface area contributed by atoms with Crippen molar-refractivity contribution in [2.45, 2.75) is 19.8 Å². The number of benzene rings is 2. The average Bonchev–Trinajstić information content (AvgIpc) is 2.92. The Bertz CT molecular complexity index is 1240. The molecule has 13 nitrogen and oxygen atoms in total. The van der Waals surface area contributed by atoms with E-state index in [9.17, 15) is 24.0 Å². The summed E-state index contributed by atoms with van der Waals surface area (Å²) in [6.07, 6.45) is 1.19. The maximum Gasteiger partial charge on any atom is 0.323 e. The van der Waals surface area contributed by atoms with E-state index >= 15 is 0 Å². The van der Waals surface area contributed by atoms with Gasteiger partial charge < -0.3 is 40.7 Å². The van der Waals surface area contributed by atoms with E-state index < -0.39 is 37.1 Å². The number of urea groups is 2. The molecular weight excluding hydrogens is 522 g/mol. The van der Waals surface area contributed by atoms with E-state index in [0.29, 0.717) is 53.5 Å². The van der Waals surface area contributed by atoms with E-state index in [1.807, 2.05) is 25.1 Å². The zero-order valence-electron chi connectivity index (χ0n) is 22.3. The highest BCUT2D eigenvalue weighted by Gasteiger charge is 2.26. The Morgan fingerprint density at radius 1 is 0.950 bits per heavy atom. The Morgan fingerprint density at radius 3 is 2.17 bits per heavy atom. The van der Waals surface area contributed by atoms with Gasteiger partial charge in [0.05, 0.1) is 12.8 Å². The van der Waals surface area contributed by atoms with Crippen LogP contribution in [0.2, 0.25) is 0 Å². The number of carbonyl (C=O) groups excluding carboxylic acids is 3. The van der Waals surface area contributed by atoms with Crippen LogP contribution in [0.15, 0.2) is 42.5 Å². The van der Waals surface area contributed by atoms with E-state index in [1.54, 1.807) is 29.2 Å². The van der Waals surface area contributed by atoms with Crippen molar-refractivity contribution in [1.82, 2.24) is 15.1 Å². The Morgan fingerprint density at radius 2 is 1.57 bits per heavy atom. The van der Waals surface area contributed by atoms with Gasteiger partial charge in [-0.1, -0.05) is 18.2 Å². The van der Waals surface area contributed by atoms with Crippen LogP contribution in [-0.4, -0.2) is 89.8 Å². The number of nitrogens with zero attached hydrogens (tertiary/aromatic N) is 2. The lowest BCUT2D eigenvalue weighted by Crippen LogP contribution is -2.47. The number of hydrogen-bond acceptors (Lipinski definition) is 6. The maximum absolute atomic E-state index is 13.1. The number of aliphatic carboxylic acids is 2. The minimum Gasteiger partial charge on any atom is -0.495 e. The highest BCUT2D eigenvalue weighted by molar-refractivity contribution is 6.02. The van der Waals surface area contributed by atoms with Crippen LogP contribution in [-0.2, 0) is 9.59 Å². The summed E-state index contributed by atoms with van der Waals surface area (Å²) in [6, 6.07) is 10.9. The molecule has 0 spiro atoms. The van der Waals surface area contributed by atoms with Crippen molar-refractivity contribution in [1.29, 1.82) is 0 Å². The van der Waals surface area contributed by atoms with Crippen LogP contribution in [0.5, 0.6) is 5.75 Å². The van der Waals surface area contributed by atoms with E-state index in [2.05, 4.69) is 16.0 Å². The van der Waals surface area contributed by atoms with Crippen LogP contribution in [0.25, 0.3) is 0 Å². The van der Waals surface area contributed by atoms with Crippen molar-refractivity contribution in [3.63, 3.8) is 0 Å². The number of methoxy groups -OCH3 is 1. The molecule has 0 saturated carbocycles. The van der Waals surface area contributed by atoms with Crippen LogP contribution < -0.4 is 20.7 Å². The Kier molecular flexibility index (Phi) is 10.3. The van der Waals surface area contributed by atoms with Gasteiger partial charge in [-0.15, -0.1) is 0 Å². The summed E-state index contributed by atoms with van der Waals surface area (Å²) in [5, 5.41) is 25.9. The highest BCUT2D eigenvalue weighted by atomic mass is 16.5. The number of carboxylic acid groups (broad SMARTS) is 2. The predicted octanol–water partition coefficient (Wildman–Crippen LogP) is 2.68. The van der Waals surface area contributed by atoms with Gasteiger partial charge in [-0.3, -0.25) is 14.4 Å². The largest absolute Gasteiger partial charge is 0.495 e. The number of carbonyl (C=O) groups is 5. The summed E-state index contributed by atoms with van der Waals surface area (Å²) < 4.78 is 5.41. The summed E-state index contributed by atoms with van der Waals surface area (Å²) in [5.41, 5.74) is 2.38. The van der Waals surface area contributed by atoms with Gasteiger partial charge >= 0.3 is 24.0 Å². The minimum atomic E-state index is -1.31. The normalized spacial score (nSPS) is 13.2. The zero-order valence-corrected chi connectivity index (χ0v) is 22.3. The molecule has 214 valence electrons. The molecule has 13 heteroatoms. The smallest absolute Gasteiger partial charge is 0.323 e. The number of hydrogen-bond donors (Lipinski definition) is 5. The van der Waals surface area contributed by atoms with Gasteiger partial charge in [-0.2, -0.15) is 0 Å². The minimum absolute atomic E-state index is 0.0392. The fourth-order valence-electron chi connectivity index (χ4n) is 4.31. The second-order valence-corrected chi connectivity index (χ2v) is 9.37. The van der Waals surface area contributed by atoms with Crippen LogP contribution in [0.4, 0.5) is 21.0 Å². The molecular formula is C27H33N5O8. The lowest BCUT2D eigenvalue weighted by atomic mass is 9.96. The topological polar surface area (TPSA) is 178 Å². The Labute approximate surface area is 231 Å². The molecule has 1 aliphatic heterocycles. The number of rotatable bonds is 10. The van der Waals surface area contributed by atoms with Crippen molar-refractivity contribution < 1.29 is 38.9 Å². The number of para-hydroxylation sites is 1. The van der Waals surface area contributed by atoms with Crippen molar-refractivity contribution in [3.8, 4) is 5.75 Å². The molecule has 1 saturated heterocycles. The second-order valence-electron chi connectivity index (χ2n) is 9.37. The number of aryl methyl sites for hydroxylation is 1. The van der Waals surface area contributed by atoms with E-state index in [4.69, 9.17) is 14.9 Å². The van der Waals surface area contributed by atoms with Gasteiger partial charge in [0.2, 0.25) is 0 Å². The highest BCUT2D eigenvalue weighted by Crippen LogP contribution is 2.28. The number of carboxylic acids is 2. The van der Waals surface area contributed by atoms with E-state index in [-0.39, 0.29) is 18.4 Å². The molecule has 0 atom stereocenters. The fourth-order valence-corrected chi connectivity index (χ4v) is 4.31. The first-order chi connectivity index (χ1) is 19.1. The molecule has 2 aromatic carbocycles. The predicted molar refractivity (Wildman–Crippen MR) is 146 cm³/mol. The molecule has 0 aromatic heterocycles. The third-order valence-electron chi connectivity index (χ3n) is 6.47. The van der Waals surface area contributed by atoms with E-state index in [0.717, 1.165) is 5.56 Å². The molecule has 5 N–H and O–H groups in total. The van der Waals surface area contributed by atoms with Crippen LogP contribution in [0.3, 0.4) is 0 Å². The molecule has 0 aliphatic carbocycles. The van der Waals surface area contributed by atoms with Gasteiger partial charge in [0.1, 0.15) is 18.8 Å². The lowest BCUT2D eigenvalue weighted by molar-refractivity contribution is -0.140. The standard InChI is InChI=1S/C27H33N5O8/c1-17-5-3-4-6-20(17)29-26(38)30-21-8-7-19(13-22(21)40-2)25(37)31-11-9-18(10-12-31)14-28-27(39)32(15-23(33)34)16-24(35)36/h3-8,13,18H,9-12,14-16H2,1-2H3,(H,28,39)(H,33,34)(H,35,36)(H2,29,30,38). The molecule has 5 amide bonds. The first-order valence-corrected chi connectivity index (χ1v) is 12.6. The monoisotopic (exact) mass is 555 g/mol. The average molecular weight is 556 g/mol. The lowest BCUT2D eigenvalue weighted by Gasteiger charge is -2.32. The summed E-state index contributed by atoms with van der Waals surface area (Å²) in [5.74, 6) is -2.46. The number of anilines is 2. The quantitative estimate of drug-likeness (QED) is 0.297. The SMILES string of the molecule is COc1cc(C(=O)N2CCC(CNC(=O)N(CC(=O)O)CC(=O)O)CC2)ccc1NC(=O)Nc1ccccc1C. The number of piperidine rings is 1. The molecule has 1 aliphatic rings. The van der Waals surface area contributed by atoms with Gasteiger partial charge in [-0.05, 0) is 55.5 Å². The molecule has 1 heterocycles. The molecule has 0 unspecified atom stereocenters. The summed E-state index contributed by atoms with van der Waals surface area (Å²) >= 11 is 0. The first-order valence-electron chi connectivity index (χ1n) is 12.6. The summed E-state index contributed by atoms with van der Waals surface area (Å²) in [4.78, 5) is 62.1. The summed E-state index contributed by atoms with van der Waals surface area (Å²) in [7, 11) is 1.45. The third kappa shape index (κ3) is 8.35. The zero-order chi connectivity index (χ0) is 29.2. The molecule has 2 aromatic rings. The number of nitrogens with one attached hydrogen (secondary N) is 3. The van der Waals surface area contributed by atoms with Gasteiger partial charge in [0.15, 0.2) is 0 Å². The van der Waals surface area contributed by atoms with Crippen molar-refractivity contribution in [2.24, 2.45) is 5.92 Å². The van der Waals surface area contributed by atoms with Gasteiger partial charge in [0, 0.05) is 30.9 Å². The maximum atomic E-state index is 13.1.